The van der Waals surface area contributed by atoms with Crippen LogP contribution in [-0.2, 0) is 17.4 Å². The Morgan fingerprint density at radius 1 is 1.14 bits per heavy atom. The molecule has 1 N–H and O–H groups in total. The van der Waals surface area contributed by atoms with Gasteiger partial charge in [-0.05, 0) is 67.9 Å². The zero-order chi connectivity index (χ0) is 26.7. The fourth-order valence-corrected chi connectivity index (χ4v) is 3.88. The van der Waals surface area contributed by atoms with Gasteiger partial charge in [0, 0.05) is 6.20 Å². The van der Waals surface area contributed by atoms with Gasteiger partial charge in [-0.15, -0.1) is 0 Å². The predicted octanol–water partition coefficient (Wildman–Crippen LogP) is 4.76. The summed E-state index contributed by atoms with van der Waals surface area (Å²) in [5.41, 5.74) is -1.23. The third-order valence-corrected chi connectivity index (χ3v) is 5.54. The highest BCUT2D eigenvalue weighted by Gasteiger charge is 2.34. The molecule has 0 fully saturated rings. The van der Waals surface area contributed by atoms with E-state index in [4.69, 9.17) is 4.74 Å². The largest absolute Gasteiger partial charge is 0.494 e. The normalized spacial score (nSPS) is 12.4. The first-order chi connectivity index (χ1) is 17.6. The van der Waals surface area contributed by atoms with Gasteiger partial charge in [-0.25, -0.2) is 14.4 Å². The van der Waals surface area contributed by atoms with Crippen molar-refractivity contribution in [1.82, 2.24) is 19.9 Å². The topological polar surface area (TPSA) is 86.1 Å². The highest BCUT2D eigenvalue weighted by Crippen LogP contribution is 2.32. The number of pyridine rings is 1. The minimum absolute atomic E-state index is 0.0181. The lowest BCUT2D eigenvalue weighted by Crippen LogP contribution is -2.34. The van der Waals surface area contributed by atoms with Gasteiger partial charge < -0.3 is 10.1 Å². The maximum atomic E-state index is 13.6. The predicted molar refractivity (Wildman–Crippen MR) is 128 cm³/mol. The van der Waals surface area contributed by atoms with E-state index in [1.54, 1.807) is 43.3 Å². The van der Waals surface area contributed by atoms with Gasteiger partial charge in [0.25, 0.3) is 5.56 Å². The third-order valence-electron chi connectivity index (χ3n) is 5.54. The fourth-order valence-electron chi connectivity index (χ4n) is 3.88. The first kappa shape index (κ1) is 25.8. The first-order valence-corrected chi connectivity index (χ1v) is 11.3. The number of halogens is 4. The average Bonchev–Trinajstić information content (AvgIpc) is 2.85. The van der Waals surface area contributed by atoms with Gasteiger partial charge >= 0.3 is 6.18 Å². The average molecular weight is 514 g/mol. The Morgan fingerprint density at radius 2 is 1.86 bits per heavy atom. The summed E-state index contributed by atoms with van der Waals surface area (Å²) in [6.07, 6.45) is -3.84. The number of nitrogens with one attached hydrogen (secondary N) is 1. The molecule has 0 saturated carbocycles. The van der Waals surface area contributed by atoms with Gasteiger partial charge in [-0.3, -0.25) is 14.2 Å². The number of fused-ring (bicyclic) bond motifs is 1. The maximum Gasteiger partial charge on any atom is 0.419 e. The van der Waals surface area contributed by atoms with Gasteiger partial charge in [-0.1, -0.05) is 6.07 Å². The zero-order valence-corrected chi connectivity index (χ0v) is 19.8. The molecule has 0 aliphatic carbocycles. The number of nitrogens with zero attached hydrogens (tertiary/aromatic N) is 3. The van der Waals surface area contributed by atoms with E-state index >= 15 is 0 Å². The number of hydrogen-bond donors (Lipinski definition) is 1. The fraction of sp³-hybridized carbons (Fsp3) is 0.231. The summed E-state index contributed by atoms with van der Waals surface area (Å²) >= 11 is 0. The molecule has 0 saturated heterocycles. The van der Waals surface area contributed by atoms with Crippen LogP contribution in [0.4, 0.5) is 17.6 Å². The number of alkyl halides is 3. The van der Waals surface area contributed by atoms with Crippen LogP contribution in [-0.4, -0.2) is 27.0 Å². The smallest absolute Gasteiger partial charge is 0.419 e. The van der Waals surface area contributed by atoms with Crippen LogP contribution in [0.3, 0.4) is 0 Å². The van der Waals surface area contributed by atoms with Gasteiger partial charge in [0.15, 0.2) is 5.65 Å². The van der Waals surface area contributed by atoms with Crippen molar-refractivity contribution in [3.8, 4) is 11.4 Å². The molecule has 2 aromatic carbocycles. The number of amides is 1. The Morgan fingerprint density at radius 3 is 2.54 bits per heavy atom. The number of ether oxygens (including phenoxy) is 1. The summed E-state index contributed by atoms with van der Waals surface area (Å²) in [4.78, 5) is 34.8. The molecular weight excluding hydrogens is 492 g/mol. The summed E-state index contributed by atoms with van der Waals surface area (Å²) in [5, 5.41) is 2.93. The van der Waals surface area contributed by atoms with E-state index in [2.05, 4.69) is 15.3 Å². The molecule has 192 valence electrons. The monoisotopic (exact) mass is 514 g/mol. The summed E-state index contributed by atoms with van der Waals surface area (Å²) in [7, 11) is 0. The van der Waals surface area contributed by atoms with Crippen LogP contribution in [0.25, 0.3) is 16.7 Å². The molecule has 4 aromatic rings. The summed E-state index contributed by atoms with van der Waals surface area (Å²) < 4.78 is 59.5. The lowest BCUT2D eigenvalue weighted by Gasteiger charge is -2.20. The maximum absolute atomic E-state index is 13.6. The van der Waals surface area contributed by atoms with Crippen LogP contribution in [0.15, 0.2) is 65.6 Å². The molecule has 0 aliphatic rings. The molecule has 0 bridgehead atoms. The molecule has 4 rings (SSSR count). The van der Waals surface area contributed by atoms with Crippen molar-refractivity contribution in [2.75, 3.05) is 6.61 Å². The van der Waals surface area contributed by atoms with E-state index in [0.29, 0.717) is 30.2 Å². The van der Waals surface area contributed by atoms with Crippen molar-refractivity contribution in [2.24, 2.45) is 0 Å². The van der Waals surface area contributed by atoms with Crippen LogP contribution in [0.2, 0.25) is 0 Å². The Kier molecular flexibility index (Phi) is 7.23. The van der Waals surface area contributed by atoms with Crippen molar-refractivity contribution in [2.45, 2.75) is 32.5 Å². The number of aromatic nitrogens is 3. The number of benzene rings is 2. The SMILES string of the molecule is CCOc1ccc(-n2c(C(C)NC(=O)Cc3ccc(F)c(C(F)(F)F)c3)nc3ncccc3c2=O)cc1. The summed E-state index contributed by atoms with van der Waals surface area (Å²) in [6.45, 7) is 3.90. The van der Waals surface area contributed by atoms with Crippen molar-refractivity contribution >= 4 is 16.9 Å². The molecule has 2 aromatic heterocycles. The molecule has 7 nitrogen and oxygen atoms in total. The van der Waals surface area contributed by atoms with Gasteiger partial charge in [0.1, 0.15) is 17.4 Å². The van der Waals surface area contributed by atoms with Crippen molar-refractivity contribution in [1.29, 1.82) is 0 Å². The molecule has 0 aliphatic heterocycles. The van der Waals surface area contributed by atoms with Crippen LogP contribution in [0.1, 0.15) is 36.8 Å². The van der Waals surface area contributed by atoms with Crippen LogP contribution in [0, 0.1) is 5.82 Å². The summed E-state index contributed by atoms with van der Waals surface area (Å²) in [5.74, 6) is -1.28. The second-order valence-corrected chi connectivity index (χ2v) is 8.19. The van der Waals surface area contributed by atoms with E-state index in [-0.39, 0.29) is 22.4 Å². The minimum atomic E-state index is -4.89. The molecule has 1 unspecified atom stereocenters. The van der Waals surface area contributed by atoms with E-state index in [0.717, 1.165) is 6.07 Å². The van der Waals surface area contributed by atoms with E-state index < -0.39 is 41.5 Å². The highest BCUT2D eigenvalue weighted by atomic mass is 19.4. The Labute approximate surface area is 208 Å². The van der Waals surface area contributed by atoms with E-state index in [1.807, 2.05) is 6.92 Å². The molecular formula is C26H22F4N4O3. The van der Waals surface area contributed by atoms with Crippen molar-refractivity contribution < 1.29 is 27.1 Å². The second kappa shape index (κ2) is 10.4. The van der Waals surface area contributed by atoms with Gasteiger partial charge in [0.05, 0.1) is 35.7 Å². The number of hydrogen-bond acceptors (Lipinski definition) is 5. The van der Waals surface area contributed by atoms with Crippen LogP contribution >= 0.6 is 0 Å². The highest BCUT2D eigenvalue weighted by molar-refractivity contribution is 5.79. The quantitative estimate of drug-likeness (QED) is 0.360. The molecule has 2 heterocycles. The van der Waals surface area contributed by atoms with Crippen LogP contribution in [0.5, 0.6) is 5.75 Å². The second-order valence-electron chi connectivity index (χ2n) is 8.19. The zero-order valence-electron chi connectivity index (χ0n) is 19.8. The standard InChI is InChI=1S/C26H22F4N4O3/c1-3-37-18-9-7-17(8-10-18)34-24(33-23-19(25(34)36)5-4-12-31-23)15(2)32-22(35)14-16-6-11-21(27)20(13-16)26(28,29)30/h4-13,15H,3,14H2,1-2H3,(H,32,35). The minimum Gasteiger partial charge on any atom is -0.494 e. The Hall–Kier alpha value is -4.28. The molecule has 11 heteroatoms. The van der Waals surface area contributed by atoms with Crippen molar-refractivity contribution in [3.05, 3.63) is 93.9 Å². The molecule has 1 amide bonds. The van der Waals surface area contributed by atoms with Crippen molar-refractivity contribution in [3.63, 3.8) is 0 Å². The lowest BCUT2D eigenvalue weighted by molar-refractivity contribution is -0.140. The van der Waals surface area contributed by atoms with Gasteiger partial charge in [-0.2, -0.15) is 13.2 Å². The number of carbonyl (C=O) groups excluding carboxylic acids is 1. The Balaban J connectivity index is 1.67. The van der Waals surface area contributed by atoms with E-state index in [9.17, 15) is 27.2 Å². The van der Waals surface area contributed by atoms with E-state index in [1.165, 1.54) is 10.8 Å². The molecule has 37 heavy (non-hydrogen) atoms. The van der Waals surface area contributed by atoms with Crippen LogP contribution < -0.4 is 15.6 Å². The van der Waals surface area contributed by atoms with Gasteiger partial charge in [0.2, 0.25) is 5.91 Å². The summed E-state index contributed by atoms with van der Waals surface area (Å²) in [6, 6.07) is 11.5. The number of rotatable bonds is 7. The number of carbonyl (C=O) groups is 1. The third kappa shape index (κ3) is 5.60. The first-order valence-electron chi connectivity index (χ1n) is 11.3. The molecule has 1 atom stereocenters. The Bertz CT molecular complexity index is 1500. The molecule has 0 spiro atoms. The lowest BCUT2D eigenvalue weighted by atomic mass is 10.1. The molecule has 0 radical (unpaired) electrons.